The van der Waals surface area contributed by atoms with Crippen LogP contribution in [0.25, 0.3) is 0 Å². The van der Waals surface area contributed by atoms with E-state index in [9.17, 15) is 19.5 Å². The van der Waals surface area contributed by atoms with E-state index >= 15 is 0 Å². The zero-order valence-corrected chi connectivity index (χ0v) is 25.1. The summed E-state index contributed by atoms with van der Waals surface area (Å²) in [6.45, 7) is 8.59. The molecule has 1 N–H and O–H groups in total. The molecule has 0 saturated carbocycles. The summed E-state index contributed by atoms with van der Waals surface area (Å²) < 4.78 is 12.3. The standard InChI is InChI=1S/C34H39N3O6/c1-5-23(20-38)37-30-33(41)36(26-19-21(3)10-11-22(26)4)18-8-16-34(30)29(32(37)40)28-27(43-34)9-7-17-35(31(28)39)24-12-14-25(15-13-24)42-6-2/h7-16,19,23,27-30,38H,5-6,17-18,20H2,1-4H3/t23-,27+,28-,29-,30?,34-/m0/s1. The number of amides is 3. The Morgan fingerprint density at radius 3 is 2.42 bits per heavy atom. The van der Waals surface area contributed by atoms with Crippen LogP contribution < -0.4 is 14.5 Å². The number of benzene rings is 2. The Balaban J connectivity index is 1.44. The van der Waals surface area contributed by atoms with Crippen LogP contribution in [-0.2, 0) is 19.1 Å². The van der Waals surface area contributed by atoms with Crippen molar-refractivity contribution in [3.8, 4) is 5.75 Å². The van der Waals surface area contributed by atoms with E-state index in [-0.39, 0.29) is 24.3 Å². The van der Waals surface area contributed by atoms with Crippen molar-refractivity contribution in [1.82, 2.24) is 4.90 Å². The summed E-state index contributed by atoms with van der Waals surface area (Å²) in [7, 11) is 0. The van der Waals surface area contributed by atoms with Crippen LogP contribution in [0.3, 0.4) is 0 Å². The van der Waals surface area contributed by atoms with E-state index < -0.39 is 35.6 Å². The van der Waals surface area contributed by atoms with Crippen LogP contribution in [0.5, 0.6) is 5.75 Å². The Morgan fingerprint density at radius 2 is 1.72 bits per heavy atom. The number of anilines is 2. The van der Waals surface area contributed by atoms with Gasteiger partial charge in [-0.05, 0) is 68.7 Å². The maximum atomic E-state index is 14.7. The molecular weight excluding hydrogens is 546 g/mol. The first-order valence-electron chi connectivity index (χ1n) is 15.1. The number of aliphatic hydroxyl groups excluding tert-OH is 1. The van der Waals surface area contributed by atoms with E-state index in [1.54, 1.807) is 9.80 Å². The maximum Gasteiger partial charge on any atom is 0.253 e. The molecule has 1 spiro atoms. The molecule has 3 amide bonds. The van der Waals surface area contributed by atoms with Crippen LogP contribution in [0.2, 0.25) is 0 Å². The summed E-state index contributed by atoms with van der Waals surface area (Å²) in [6.07, 6.45) is 7.23. The van der Waals surface area contributed by atoms with Crippen molar-refractivity contribution >= 4 is 29.1 Å². The molecular formula is C34H39N3O6. The second kappa shape index (κ2) is 11.3. The zero-order chi connectivity index (χ0) is 30.5. The maximum absolute atomic E-state index is 14.7. The SMILES string of the molecule is CCOc1ccc(N2CC=C[C@H]3O[C@]45C=CCN(c6cc(C)ccc6C)C(=O)C4N([C@@H](CC)CO)C(=O)[C@@H]5[C@H]3C2=O)cc1. The summed E-state index contributed by atoms with van der Waals surface area (Å²) in [5.41, 5.74) is 2.05. The average Bonchev–Trinajstić information content (AvgIpc) is 3.31. The number of carbonyl (C=O) groups is 3. The van der Waals surface area contributed by atoms with Crippen molar-refractivity contribution in [2.45, 2.75) is 57.9 Å². The molecule has 4 aliphatic rings. The number of rotatable bonds is 7. The Kier molecular flexibility index (Phi) is 7.64. The molecule has 4 aliphatic heterocycles. The number of hydrogen-bond donors (Lipinski definition) is 1. The average molecular weight is 586 g/mol. The number of nitrogens with zero attached hydrogens (tertiary/aromatic N) is 3. The van der Waals surface area contributed by atoms with Gasteiger partial charge in [-0.15, -0.1) is 0 Å². The van der Waals surface area contributed by atoms with Gasteiger partial charge < -0.3 is 29.3 Å². The third-order valence-electron chi connectivity index (χ3n) is 9.29. The lowest BCUT2D eigenvalue weighted by molar-refractivity contribution is -0.144. The molecule has 9 heteroatoms. The van der Waals surface area contributed by atoms with Crippen LogP contribution in [0.15, 0.2) is 66.8 Å². The molecule has 226 valence electrons. The normalized spacial score (nSPS) is 28.9. The third-order valence-corrected chi connectivity index (χ3v) is 9.29. The van der Waals surface area contributed by atoms with Gasteiger partial charge in [-0.2, -0.15) is 0 Å². The van der Waals surface area contributed by atoms with Gasteiger partial charge in [0.15, 0.2) is 0 Å². The van der Waals surface area contributed by atoms with Crippen LogP contribution in [0, 0.1) is 25.7 Å². The molecule has 2 saturated heterocycles. The highest BCUT2D eigenvalue weighted by Gasteiger charge is 2.72. The highest BCUT2D eigenvalue weighted by molar-refractivity contribution is 6.07. The first kappa shape index (κ1) is 29.1. The van der Waals surface area contributed by atoms with Crippen molar-refractivity contribution < 1.29 is 29.0 Å². The van der Waals surface area contributed by atoms with Gasteiger partial charge >= 0.3 is 0 Å². The van der Waals surface area contributed by atoms with E-state index in [0.29, 0.717) is 37.6 Å². The number of likely N-dealkylation sites (tertiary alicyclic amines) is 1. The zero-order valence-electron chi connectivity index (χ0n) is 25.1. The summed E-state index contributed by atoms with van der Waals surface area (Å²) >= 11 is 0. The smallest absolute Gasteiger partial charge is 0.253 e. The molecule has 2 fully saturated rings. The van der Waals surface area contributed by atoms with Crippen LogP contribution in [0.4, 0.5) is 11.4 Å². The van der Waals surface area contributed by atoms with Crippen molar-refractivity contribution in [2.75, 3.05) is 36.1 Å². The van der Waals surface area contributed by atoms with Gasteiger partial charge in [-0.1, -0.05) is 43.4 Å². The molecule has 0 aromatic heterocycles. The summed E-state index contributed by atoms with van der Waals surface area (Å²) in [6, 6.07) is 11.6. The fourth-order valence-corrected chi connectivity index (χ4v) is 7.23. The molecule has 0 radical (unpaired) electrons. The molecule has 0 bridgehead atoms. The number of hydrogen-bond acceptors (Lipinski definition) is 6. The largest absolute Gasteiger partial charge is 0.494 e. The summed E-state index contributed by atoms with van der Waals surface area (Å²) in [5, 5.41) is 10.4. The van der Waals surface area contributed by atoms with Gasteiger partial charge in [0.05, 0.1) is 37.2 Å². The van der Waals surface area contributed by atoms with Crippen molar-refractivity contribution in [3.63, 3.8) is 0 Å². The predicted octanol–water partition coefficient (Wildman–Crippen LogP) is 3.56. The van der Waals surface area contributed by atoms with Gasteiger partial charge in [0.25, 0.3) is 5.91 Å². The first-order valence-corrected chi connectivity index (χ1v) is 15.1. The molecule has 4 heterocycles. The first-order chi connectivity index (χ1) is 20.7. The minimum Gasteiger partial charge on any atom is -0.494 e. The number of aliphatic hydroxyl groups is 1. The second-order valence-electron chi connectivity index (χ2n) is 11.8. The van der Waals surface area contributed by atoms with E-state index in [2.05, 4.69) is 0 Å². The monoisotopic (exact) mass is 585 g/mol. The predicted molar refractivity (Wildman–Crippen MR) is 163 cm³/mol. The van der Waals surface area contributed by atoms with Crippen LogP contribution >= 0.6 is 0 Å². The van der Waals surface area contributed by atoms with Gasteiger partial charge in [0, 0.05) is 24.5 Å². The fourth-order valence-electron chi connectivity index (χ4n) is 7.23. The highest BCUT2D eigenvalue weighted by atomic mass is 16.5. The lowest BCUT2D eigenvalue weighted by atomic mass is 9.77. The topological polar surface area (TPSA) is 99.6 Å². The molecule has 6 rings (SSSR count). The number of carbonyl (C=O) groups excluding carboxylic acids is 3. The molecule has 2 aromatic carbocycles. The number of aryl methyl sites for hydroxylation is 2. The molecule has 9 nitrogen and oxygen atoms in total. The molecule has 43 heavy (non-hydrogen) atoms. The molecule has 0 aliphatic carbocycles. The van der Waals surface area contributed by atoms with Crippen molar-refractivity contribution in [1.29, 1.82) is 0 Å². The quantitative estimate of drug-likeness (QED) is 0.499. The minimum atomic E-state index is -1.36. The van der Waals surface area contributed by atoms with E-state index in [1.165, 1.54) is 4.90 Å². The van der Waals surface area contributed by atoms with E-state index in [0.717, 1.165) is 16.8 Å². The van der Waals surface area contributed by atoms with Crippen molar-refractivity contribution in [2.24, 2.45) is 11.8 Å². The minimum absolute atomic E-state index is 0.233. The summed E-state index contributed by atoms with van der Waals surface area (Å²) in [5.74, 6) is -1.91. The molecule has 2 aromatic rings. The number of ether oxygens (including phenoxy) is 2. The highest BCUT2D eigenvalue weighted by Crippen LogP contribution is 2.54. The van der Waals surface area contributed by atoms with Gasteiger partial charge in [0.1, 0.15) is 17.4 Å². The molecule has 1 unspecified atom stereocenters. The van der Waals surface area contributed by atoms with Crippen molar-refractivity contribution in [3.05, 3.63) is 77.9 Å². The van der Waals surface area contributed by atoms with Gasteiger partial charge in [0.2, 0.25) is 11.8 Å². The van der Waals surface area contributed by atoms with Gasteiger partial charge in [-0.3, -0.25) is 14.4 Å². The Hall–Kier alpha value is -3.95. The van der Waals surface area contributed by atoms with E-state index in [1.807, 2.05) is 94.5 Å². The van der Waals surface area contributed by atoms with Crippen LogP contribution in [-0.4, -0.2) is 77.8 Å². The number of fused-ring (bicyclic) bond motifs is 2. The molecule has 6 atom stereocenters. The lowest BCUT2D eigenvalue weighted by Gasteiger charge is -2.38. The fraction of sp³-hybridized carbons (Fsp3) is 0.441. The van der Waals surface area contributed by atoms with Crippen LogP contribution in [0.1, 0.15) is 31.4 Å². The summed E-state index contributed by atoms with van der Waals surface area (Å²) in [4.78, 5) is 48.4. The Labute approximate surface area is 252 Å². The van der Waals surface area contributed by atoms with Gasteiger partial charge in [-0.25, -0.2) is 0 Å². The third kappa shape index (κ3) is 4.57. The van der Waals surface area contributed by atoms with E-state index in [4.69, 9.17) is 9.47 Å². The lowest BCUT2D eigenvalue weighted by Crippen LogP contribution is -2.58. The second-order valence-corrected chi connectivity index (χ2v) is 11.8. The Morgan fingerprint density at radius 1 is 0.977 bits per heavy atom. The Bertz CT molecular complexity index is 1480.